The molecule has 0 aliphatic heterocycles. The molecule has 0 aliphatic carbocycles. The highest BCUT2D eigenvalue weighted by molar-refractivity contribution is 5.83. The maximum absolute atomic E-state index is 6.16. The Morgan fingerprint density at radius 3 is 2.43 bits per heavy atom. The van der Waals surface area contributed by atoms with E-state index in [9.17, 15) is 0 Å². The van der Waals surface area contributed by atoms with E-state index in [1.54, 1.807) is 7.11 Å². The highest BCUT2D eigenvalue weighted by Crippen LogP contribution is 2.19. The van der Waals surface area contributed by atoms with Gasteiger partial charge in [-0.2, -0.15) is 0 Å². The first-order valence-electron chi connectivity index (χ1n) is 7.20. The minimum atomic E-state index is -0.117. The molecule has 2 aromatic rings. The maximum Gasteiger partial charge on any atom is 0.0701 e. The number of hydrogen-bond donors (Lipinski definition) is 1. The predicted octanol–water partition coefficient (Wildman–Crippen LogP) is 2.52. The third-order valence-corrected chi connectivity index (χ3v) is 3.30. The zero-order valence-electron chi connectivity index (χ0n) is 12.5. The van der Waals surface area contributed by atoms with Crippen molar-refractivity contribution in [1.29, 1.82) is 0 Å². The highest BCUT2D eigenvalue weighted by atomic mass is 16.5. The molecule has 0 saturated heterocycles. The number of benzene rings is 2. The number of ether oxygens (including phenoxy) is 3. The van der Waals surface area contributed by atoms with Gasteiger partial charge in [0, 0.05) is 7.11 Å². The van der Waals surface area contributed by atoms with Crippen LogP contribution in [0.25, 0.3) is 10.8 Å². The monoisotopic (exact) mass is 289 g/mol. The van der Waals surface area contributed by atoms with E-state index < -0.39 is 0 Å². The molecular formula is C17H23NO3. The van der Waals surface area contributed by atoms with Crippen LogP contribution in [-0.4, -0.2) is 40.1 Å². The molecule has 0 spiro atoms. The Kier molecular flexibility index (Phi) is 6.63. The van der Waals surface area contributed by atoms with Crippen LogP contribution in [-0.2, 0) is 14.2 Å². The lowest BCUT2D eigenvalue weighted by atomic mass is 10.0. The molecule has 0 amide bonds. The minimum Gasteiger partial charge on any atom is -0.382 e. The molecule has 0 aromatic heterocycles. The summed E-state index contributed by atoms with van der Waals surface area (Å²) in [7, 11) is 1.66. The fraction of sp³-hybridized carbons (Fsp3) is 0.412. The van der Waals surface area contributed by atoms with E-state index in [-0.39, 0.29) is 6.04 Å². The van der Waals surface area contributed by atoms with Gasteiger partial charge in [-0.15, -0.1) is 0 Å². The number of methoxy groups -OCH3 is 1. The van der Waals surface area contributed by atoms with Crippen LogP contribution in [0.2, 0.25) is 0 Å². The SMILES string of the molecule is COCCOCCOCC(N)c1ccc2ccccc2c1. The van der Waals surface area contributed by atoms with Crippen LogP contribution < -0.4 is 5.73 Å². The maximum atomic E-state index is 6.16. The molecule has 0 saturated carbocycles. The van der Waals surface area contributed by atoms with Crippen molar-refractivity contribution < 1.29 is 14.2 Å². The van der Waals surface area contributed by atoms with E-state index in [2.05, 4.69) is 30.3 Å². The van der Waals surface area contributed by atoms with Crippen LogP contribution in [0.4, 0.5) is 0 Å². The van der Waals surface area contributed by atoms with Gasteiger partial charge in [0.05, 0.1) is 39.1 Å². The molecule has 1 unspecified atom stereocenters. The van der Waals surface area contributed by atoms with Gasteiger partial charge in [-0.05, 0) is 22.4 Å². The van der Waals surface area contributed by atoms with Crippen molar-refractivity contribution in [2.45, 2.75) is 6.04 Å². The van der Waals surface area contributed by atoms with Gasteiger partial charge in [-0.3, -0.25) is 0 Å². The van der Waals surface area contributed by atoms with Crippen molar-refractivity contribution in [2.24, 2.45) is 5.73 Å². The summed E-state index contributed by atoms with van der Waals surface area (Å²) in [6.45, 7) is 2.80. The number of rotatable bonds is 9. The molecule has 0 fully saturated rings. The molecule has 1 atom stereocenters. The predicted molar refractivity (Wildman–Crippen MR) is 84.4 cm³/mol. The van der Waals surface area contributed by atoms with Crippen molar-refractivity contribution in [1.82, 2.24) is 0 Å². The Morgan fingerprint density at radius 2 is 1.62 bits per heavy atom. The quantitative estimate of drug-likeness (QED) is 0.721. The average molecular weight is 289 g/mol. The van der Waals surface area contributed by atoms with Gasteiger partial charge in [0.2, 0.25) is 0 Å². The van der Waals surface area contributed by atoms with E-state index >= 15 is 0 Å². The summed E-state index contributed by atoms with van der Waals surface area (Å²) in [5.41, 5.74) is 7.25. The van der Waals surface area contributed by atoms with Crippen molar-refractivity contribution in [2.75, 3.05) is 40.1 Å². The molecule has 0 aliphatic rings. The molecule has 0 bridgehead atoms. The van der Waals surface area contributed by atoms with Crippen LogP contribution in [0.3, 0.4) is 0 Å². The third kappa shape index (κ3) is 5.10. The molecule has 4 nitrogen and oxygen atoms in total. The second kappa shape index (κ2) is 8.74. The first kappa shape index (κ1) is 15.9. The van der Waals surface area contributed by atoms with Gasteiger partial charge in [-0.1, -0.05) is 36.4 Å². The van der Waals surface area contributed by atoms with Gasteiger partial charge in [0.15, 0.2) is 0 Å². The van der Waals surface area contributed by atoms with E-state index in [4.69, 9.17) is 19.9 Å². The number of fused-ring (bicyclic) bond motifs is 1. The molecule has 2 rings (SSSR count). The van der Waals surface area contributed by atoms with E-state index in [0.717, 1.165) is 5.56 Å². The largest absolute Gasteiger partial charge is 0.382 e. The Labute approximate surface area is 125 Å². The zero-order chi connectivity index (χ0) is 14.9. The lowest BCUT2D eigenvalue weighted by Gasteiger charge is -2.13. The second-order valence-corrected chi connectivity index (χ2v) is 4.89. The Balaban J connectivity index is 1.75. The van der Waals surface area contributed by atoms with Crippen molar-refractivity contribution in [3.05, 3.63) is 48.0 Å². The van der Waals surface area contributed by atoms with Crippen LogP contribution >= 0.6 is 0 Å². The molecule has 114 valence electrons. The van der Waals surface area contributed by atoms with Crippen LogP contribution in [0.1, 0.15) is 11.6 Å². The second-order valence-electron chi connectivity index (χ2n) is 4.89. The summed E-state index contributed by atoms with van der Waals surface area (Å²) in [5.74, 6) is 0. The lowest BCUT2D eigenvalue weighted by molar-refractivity contribution is 0.0216. The van der Waals surface area contributed by atoms with Crippen molar-refractivity contribution in [3.8, 4) is 0 Å². The smallest absolute Gasteiger partial charge is 0.0701 e. The Morgan fingerprint density at radius 1 is 0.905 bits per heavy atom. The van der Waals surface area contributed by atoms with Gasteiger partial charge in [0.1, 0.15) is 0 Å². The number of nitrogens with two attached hydrogens (primary N) is 1. The first-order chi connectivity index (χ1) is 10.3. The first-order valence-corrected chi connectivity index (χ1v) is 7.20. The zero-order valence-corrected chi connectivity index (χ0v) is 12.5. The third-order valence-electron chi connectivity index (χ3n) is 3.30. The summed E-state index contributed by atoms with van der Waals surface area (Å²) in [6.07, 6.45) is 0. The van der Waals surface area contributed by atoms with Gasteiger partial charge < -0.3 is 19.9 Å². The molecule has 2 aromatic carbocycles. The van der Waals surface area contributed by atoms with Gasteiger partial charge in [-0.25, -0.2) is 0 Å². The topological polar surface area (TPSA) is 53.7 Å². The molecule has 0 heterocycles. The molecule has 2 N–H and O–H groups in total. The number of hydrogen-bond acceptors (Lipinski definition) is 4. The summed E-state index contributed by atoms with van der Waals surface area (Å²) in [4.78, 5) is 0. The molecule has 4 heteroatoms. The fourth-order valence-corrected chi connectivity index (χ4v) is 2.11. The van der Waals surface area contributed by atoms with E-state index in [1.807, 2.05) is 12.1 Å². The summed E-state index contributed by atoms with van der Waals surface area (Å²) in [5, 5.41) is 2.43. The molecule has 21 heavy (non-hydrogen) atoms. The highest BCUT2D eigenvalue weighted by Gasteiger charge is 2.06. The van der Waals surface area contributed by atoms with E-state index in [0.29, 0.717) is 33.0 Å². The van der Waals surface area contributed by atoms with Crippen LogP contribution in [0.15, 0.2) is 42.5 Å². The minimum absolute atomic E-state index is 0.117. The summed E-state index contributed by atoms with van der Waals surface area (Å²) in [6, 6.07) is 14.4. The lowest BCUT2D eigenvalue weighted by Crippen LogP contribution is -2.19. The van der Waals surface area contributed by atoms with Crippen LogP contribution in [0.5, 0.6) is 0 Å². The Hall–Kier alpha value is -1.46. The van der Waals surface area contributed by atoms with Crippen molar-refractivity contribution in [3.63, 3.8) is 0 Å². The Bertz CT molecular complexity index is 544. The summed E-state index contributed by atoms with van der Waals surface area (Å²) >= 11 is 0. The fourth-order valence-electron chi connectivity index (χ4n) is 2.11. The van der Waals surface area contributed by atoms with Gasteiger partial charge >= 0.3 is 0 Å². The molecular weight excluding hydrogens is 266 g/mol. The summed E-state index contributed by atoms with van der Waals surface area (Å²) < 4.78 is 15.8. The van der Waals surface area contributed by atoms with Crippen molar-refractivity contribution >= 4 is 10.8 Å². The molecule has 0 radical (unpaired) electrons. The van der Waals surface area contributed by atoms with E-state index in [1.165, 1.54) is 10.8 Å². The van der Waals surface area contributed by atoms with Gasteiger partial charge in [0.25, 0.3) is 0 Å². The normalized spacial score (nSPS) is 12.7. The average Bonchev–Trinajstić information content (AvgIpc) is 2.53. The standard InChI is InChI=1S/C17H23NO3/c1-19-8-9-20-10-11-21-13-17(18)16-7-6-14-4-2-3-5-15(14)12-16/h2-7,12,17H,8-11,13,18H2,1H3. The van der Waals surface area contributed by atoms with Crippen LogP contribution in [0, 0.1) is 0 Å².